The van der Waals surface area contributed by atoms with Gasteiger partial charge in [-0.05, 0) is 55.7 Å². The molecule has 0 bridgehead atoms. The molecule has 0 aromatic carbocycles. The van der Waals surface area contributed by atoms with Crippen molar-refractivity contribution in [2.24, 2.45) is 5.92 Å². The largest absolute Gasteiger partial charge is 0.492 e. The Morgan fingerprint density at radius 1 is 1.15 bits per heavy atom. The number of nitrogens with zero attached hydrogens (tertiary/aromatic N) is 2. The predicted octanol–water partition coefficient (Wildman–Crippen LogP) is 3.15. The van der Waals surface area contributed by atoms with Crippen LogP contribution in [0.3, 0.4) is 0 Å². The number of rotatable bonds is 10. The Morgan fingerprint density at radius 2 is 1.95 bits per heavy atom. The standard InChI is InChI=1S/C27H36N4O6S2/c1-2-37-23-13-16-38-25(23)27(34)30-21(17-19-9-4-3-5-10-19)26(33)29-20-11-8-15-31(18-22(20)32)39(35,36)24-12-6-7-14-28-24/h6-7,12-14,16,19-21H,2-5,8-11,15,17-18H2,1H3,(H,29,33)(H,30,34)/t20-,21?/m0/s1. The van der Waals surface area contributed by atoms with Gasteiger partial charge in [-0.2, -0.15) is 4.31 Å². The average Bonchev–Trinajstić information content (AvgIpc) is 3.32. The molecular weight excluding hydrogens is 540 g/mol. The number of nitrogens with one attached hydrogen (secondary N) is 2. The summed E-state index contributed by atoms with van der Waals surface area (Å²) in [5.41, 5.74) is 0. The molecule has 4 rings (SSSR count). The fourth-order valence-electron chi connectivity index (χ4n) is 5.20. The summed E-state index contributed by atoms with van der Waals surface area (Å²) in [7, 11) is -3.93. The summed E-state index contributed by atoms with van der Waals surface area (Å²) in [5, 5.41) is 7.38. The zero-order chi connectivity index (χ0) is 27.8. The second-order valence-electron chi connectivity index (χ2n) is 9.99. The Kier molecular flexibility index (Phi) is 10.1. The number of carbonyl (C=O) groups is 3. The Morgan fingerprint density at radius 3 is 2.67 bits per heavy atom. The van der Waals surface area contributed by atoms with E-state index >= 15 is 0 Å². The van der Waals surface area contributed by atoms with Crippen LogP contribution in [0, 0.1) is 5.92 Å². The number of Topliss-reactive ketones (excluding diaryl/α,β-unsaturated/α-hetero) is 1. The molecule has 1 saturated heterocycles. The first-order valence-corrected chi connectivity index (χ1v) is 15.9. The molecule has 1 unspecified atom stereocenters. The normalized spacial score (nSPS) is 20.1. The van der Waals surface area contributed by atoms with Gasteiger partial charge in [0.2, 0.25) is 5.91 Å². The number of hydrogen-bond acceptors (Lipinski definition) is 8. The van der Waals surface area contributed by atoms with Crippen LogP contribution in [0.15, 0.2) is 40.9 Å². The van der Waals surface area contributed by atoms with Gasteiger partial charge >= 0.3 is 0 Å². The van der Waals surface area contributed by atoms with Gasteiger partial charge in [-0.15, -0.1) is 11.3 Å². The number of hydrogen-bond donors (Lipinski definition) is 2. The lowest BCUT2D eigenvalue weighted by Gasteiger charge is -2.28. The molecule has 1 aliphatic carbocycles. The van der Waals surface area contributed by atoms with Gasteiger partial charge in [0.1, 0.15) is 16.7 Å². The molecule has 1 aliphatic heterocycles. The van der Waals surface area contributed by atoms with Gasteiger partial charge in [-0.1, -0.05) is 38.2 Å². The Hall–Kier alpha value is -2.83. The van der Waals surface area contributed by atoms with Crippen LogP contribution in [-0.4, -0.2) is 67.1 Å². The molecular formula is C27H36N4O6S2. The van der Waals surface area contributed by atoms with Gasteiger partial charge in [-0.25, -0.2) is 13.4 Å². The number of ether oxygens (including phenoxy) is 1. The second-order valence-corrected chi connectivity index (χ2v) is 12.8. The molecule has 2 aliphatic rings. The minimum atomic E-state index is -3.93. The molecule has 0 radical (unpaired) electrons. The monoisotopic (exact) mass is 576 g/mol. The van der Waals surface area contributed by atoms with E-state index in [0.29, 0.717) is 42.4 Å². The molecule has 39 heavy (non-hydrogen) atoms. The lowest BCUT2D eigenvalue weighted by Crippen LogP contribution is -2.53. The highest BCUT2D eigenvalue weighted by Gasteiger charge is 2.35. The average molecular weight is 577 g/mol. The van der Waals surface area contributed by atoms with E-state index in [1.54, 1.807) is 23.6 Å². The van der Waals surface area contributed by atoms with E-state index in [1.165, 1.54) is 30.0 Å². The number of amides is 2. The van der Waals surface area contributed by atoms with Gasteiger partial charge < -0.3 is 15.4 Å². The van der Waals surface area contributed by atoms with E-state index in [2.05, 4.69) is 15.6 Å². The smallest absolute Gasteiger partial charge is 0.265 e. The Balaban J connectivity index is 1.45. The highest BCUT2D eigenvalue weighted by Crippen LogP contribution is 2.29. The van der Waals surface area contributed by atoms with Crippen LogP contribution < -0.4 is 15.4 Å². The summed E-state index contributed by atoms with van der Waals surface area (Å²) >= 11 is 1.25. The minimum Gasteiger partial charge on any atom is -0.492 e. The quantitative estimate of drug-likeness (QED) is 0.444. The fourth-order valence-corrected chi connectivity index (χ4v) is 7.31. The summed E-state index contributed by atoms with van der Waals surface area (Å²) in [6.45, 7) is 2.05. The third-order valence-corrected chi connectivity index (χ3v) is 9.89. The molecule has 2 aromatic rings. The zero-order valence-electron chi connectivity index (χ0n) is 22.1. The van der Waals surface area contributed by atoms with Crippen molar-refractivity contribution in [1.29, 1.82) is 0 Å². The van der Waals surface area contributed by atoms with E-state index in [4.69, 9.17) is 4.74 Å². The molecule has 12 heteroatoms. The number of sulfonamides is 1. The van der Waals surface area contributed by atoms with Crippen molar-refractivity contribution >= 4 is 39.0 Å². The van der Waals surface area contributed by atoms with Gasteiger partial charge in [0.15, 0.2) is 10.8 Å². The van der Waals surface area contributed by atoms with Crippen molar-refractivity contribution in [3.05, 3.63) is 40.7 Å². The number of thiophene rings is 1. The lowest BCUT2D eigenvalue weighted by molar-refractivity contribution is -0.129. The molecule has 2 atom stereocenters. The molecule has 2 aromatic heterocycles. The van der Waals surface area contributed by atoms with Gasteiger partial charge in [0.25, 0.3) is 15.9 Å². The van der Waals surface area contributed by atoms with Crippen molar-refractivity contribution in [2.75, 3.05) is 19.7 Å². The number of aromatic nitrogens is 1. The number of pyridine rings is 1. The molecule has 10 nitrogen and oxygen atoms in total. The SMILES string of the molecule is CCOc1ccsc1C(=O)NC(CC1CCCCC1)C(=O)N[C@H]1CCCN(S(=O)(=O)c2ccccn2)CC1=O. The van der Waals surface area contributed by atoms with Crippen LogP contribution in [-0.2, 0) is 19.6 Å². The molecule has 2 N–H and O–H groups in total. The fraction of sp³-hybridized carbons (Fsp3) is 0.556. The van der Waals surface area contributed by atoms with Crippen LogP contribution >= 0.6 is 11.3 Å². The highest BCUT2D eigenvalue weighted by atomic mass is 32.2. The van der Waals surface area contributed by atoms with E-state index < -0.39 is 28.0 Å². The summed E-state index contributed by atoms with van der Waals surface area (Å²) in [6.07, 6.45) is 7.91. The molecule has 3 heterocycles. The summed E-state index contributed by atoms with van der Waals surface area (Å²) in [6, 6.07) is 4.67. The van der Waals surface area contributed by atoms with E-state index in [-0.39, 0.29) is 29.8 Å². The van der Waals surface area contributed by atoms with E-state index in [9.17, 15) is 22.8 Å². The predicted molar refractivity (Wildman–Crippen MR) is 147 cm³/mol. The molecule has 1 saturated carbocycles. The second kappa shape index (κ2) is 13.5. The van der Waals surface area contributed by atoms with Crippen LogP contribution in [0.25, 0.3) is 0 Å². The van der Waals surface area contributed by atoms with Crippen LogP contribution in [0.2, 0.25) is 0 Å². The third-order valence-electron chi connectivity index (χ3n) is 7.23. The number of carbonyl (C=O) groups excluding carboxylic acids is 3. The van der Waals surface area contributed by atoms with Crippen molar-refractivity contribution in [2.45, 2.75) is 75.4 Å². The highest BCUT2D eigenvalue weighted by molar-refractivity contribution is 7.89. The van der Waals surface area contributed by atoms with Gasteiger partial charge in [0.05, 0.1) is 19.2 Å². The van der Waals surface area contributed by atoms with E-state index in [0.717, 1.165) is 30.0 Å². The zero-order valence-corrected chi connectivity index (χ0v) is 23.8. The first-order chi connectivity index (χ1) is 18.8. The maximum Gasteiger partial charge on any atom is 0.265 e. The van der Waals surface area contributed by atoms with Crippen molar-refractivity contribution < 1.29 is 27.5 Å². The molecule has 0 spiro atoms. The summed E-state index contributed by atoms with van der Waals surface area (Å²) in [4.78, 5) is 44.1. The molecule has 2 amide bonds. The third kappa shape index (κ3) is 7.43. The first-order valence-electron chi connectivity index (χ1n) is 13.5. The summed E-state index contributed by atoms with van der Waals surface area (Å²) in [5.74, 6) is -0.426. The van der Waals surface area contributed by atoms with E-state index in [1.807, 2.05) is 6.92 Å². The maximum atomic E-state index is 13.5. The van der Waals surface area contributed by atoms with Crippen molar-refractivity contribution in [1.82, 2.24) is 19.9 Å². The van der Waals surface area contributed by atoms with Crippen LogP contribution in [0.5, 0.6) is 5.75 Å². The maximum absolute atomic E-state index is 13.5. The molecule has 212 valence electrons. The first kappa shape index (κ1) is 29.2. The van der Waals surface area contributed by atoms with Crippen LogP contribution in [0.1, 0.15) is 68.0 Å². The van der Waals surface area contributed by atoms with Crippen molar-refractivity contribution in [3.8, 4) is 5.75 Å². The lowest BCUT2D eigenvalue weighted by atomic mass is 9.84. The van der Waals surface area contributed by atoms with Crippen LogP contribution in [0.4, 0.5) is 0 Å². The van der Waals surface area contributed by atoms with Gasteiger partial charge in [-0.3, -0.25) is 14.4 Å². The summed E-state index contributed by atoms with van der Waals surface area (Å²) < 4.78 is 32.7. The Labute approximate surface area is 233 Å². The van der Waals surface area contributed by atoms with Crippen molar-refractivity contribution in [3.63, 3.8) is 0 Å². The molecule has 2 fully saturated rings. The van der Waals surface area contributed by atoms with Gasteiger partial charge in [0, 0.05) is 12.7 Å². The Bertz CT molecular complexity index is 1240. The number of ketones is 1. The topological polar surface area (TPSA) is 135 Å². The minimum absolute atomic E-state index is 0.115.